The Hall–Kier alpha value is -3.26. The number of ether oxygens (including phenoxy) is 1. The Balaban J connectivity index is 1.51. The molecule has 3 aromatic rings. The van der Waals surface area contributed by atoms with Crippen LogP contribution < -0.4 is 15.5 Å². The summed E-state index contributed by atoms with van der Waals surface area (Å²) in [7, 11) is 0. The van der Waals surface area contributed by atoms with Gasteiger partial charge < -0.3 is 20.3 Å². The van der Waals surface area contributed by atoms with Gasteiger partial charge in [-0.05, 0) is 50.2 Å². The minimum atomic E-state index is 0.257. The predicted molar refractivity (Wildman–Crippen MR) is 115 cm³/mol. The Morgan fingerprint density at radius 2 is 1.79 bits per heavy atom. The van der Waals surface area contributed by atoms with Gasteiger partial charge in [-0.2, -0.15) is 4.98 Å². The van der Waals surface area contributed by atoms with Crippen molar-refractivity contribution in [1.82, 2.24) is 19.9 Å². The fourth-order valence-corrected chi connectivity index (χ4v) is 3.17. The normalized spacial score (nSPS) is 14.1. The van der Waals surface area contributed by atoms with Crippen LogP contribution in [-0.2, 0) is 4.74 Å². The number of nitrogens with zero attached hydrogens (tertiary/aromatic N) is 5. The van der Waals surface area contributed by atoms with E-state index in [2.05, 4.69) is 61.4 Å². The smallest absolute Gasteiger partial charge is 0.230 e. The second kappa shape index (κ2) is 8.83. The third kappa shape index (κ3) is 4.78. The first kappa shape index (κ1) is 19.1. The molecule has 29 heavy (non-hydrogen) atoms. The van der Waals surface area contributed by atoms with Crippen LogP contribution in [0.1, 0.15) is 13.8 Å². The molecule has 4 rings (SSSR count). The number of morpholine rings is 1. The van der Waals surface area contributed by atoms with Crippen LogP contribution in [-0.4, -0.2) is 52.3 Å². The lowest BCUT2D eigenvalue weighted by Crippen LogP contribution is -2.36. The molecule has 0 radical (unpaired) electrons. The quantitative estimate of drug-likeness (QED) is 0.662. The average Bonchev–Trinajstić information content (AvgIpc) is 2.75. The third-order valence-corrected chi connectivity index (χ3v) is 4.55. The van der Waals surface area contributed by atoms with Crippen molar-refractivity contribution in [2.45, 2.75) is 19.9 Å². The van der Waals surface area contributed by atoms with Crippen molar-refractivity contribution >= 4 is 23.1 Å². The Bertz CT molecular complexity index is 940. The van der Waals surface area contributed by atoms with Crippen molar-refractivity contribution in [3.63, 3.8) is 0 Å². The largest absolute Gasteiger partial charge is 0.378 e. The van der Waals surface area contributed by atoms with Gasteiger partial charge in [0.15, 0.2) is 5.82 Å². The standard InChI is InChI=1S/C21H25N7O/c1-15(2)25-19-18(4-3-9-22-19)20-23-14-24-21(27-20)26-16-5-7-17(8-6-16)28-10-12-29-13-11-28/h3-9,14-15H,10-13H2,1-2H3,(H,22,25)(H,23,24,26,27). The molecule has 1 aliphatic rings. The number of nitrogens with one attached hydrogen (secondary N) is 2. The van der Waals surface area contributed by atoms with Gasteiger partial charge in [0.2, 0.25) is 5.95 Å². The van der Waals surface area contributed by atoms with Crippen LogP contribution in [0.15, 0.2) is 48.9 Å². The summed E-state index contributed by atoms with van der Waals surface area (Å²) in [4.78, 5) is 19.9. The zero-order valence-electron chi connectivity index (χ0n) is 16.7. The molecular formula is C21H25N7O. The van der Waals surface area contributed by atoms with Crippen LogP contribution in [0.4, 0.5) is 23.1 Å². The van der Waals surface area contributed by atoms with Gasteiger partial charge in [-0.3, -0.25) is 0 Å². The topological polar surface area (TPSA) is 88.1 Å². The highest BCUT2D eigenvalue weighted by Crippen LogP contribution is 2.25. The van der Waals surface area contributed by atoms with E-state index in [1.807, 2.05) is 24.3 Å². The lowest BCUT2D eigenvalue weighted by atomic mass is 10.2. The highest BCUT2D eigenvalue weighted by atomic mass is 16.5. The molecule has 0 amide bonds. The van der Waals surface area contributed by atoms with E-state index < -0.39 is 0 Å². The monoisotopic (exact) mass is 391 g/mol. The second-order valence-electron chi connectivity index (χ2n) is 7.10. The van der Waals surface area contributed by atoms with Crippen molar-refractivity contribution in [3.05, 3.63) is 48.9 Å². The van der Waals surface area contributed by atoms with E-state index in [4.69, 9.17) is 4.74 Å². The lowest BCUT2D eigenvalue weighted by Gasteiger charge is -2.28. The van der Waals surface area contributed by atoms with E-state index >= 15 is 0 Å². The fourth-order valence-electron chi connectivity index (χ4n) is 3.17. The number of pyridine rings is 1. The van der Waals surface area contributed by atoms with E-state index in [0.717, 1.165) is 43.4 Å². The van der Waals surface area contributed by atoms with Crippen LogP contribution in [0.3, 0.4) is 0 Å². The summed E-state index contributed by atoms with van der Waals surface area (Å²) in [6.07, 6.45) is 3.27. The highest BCUT2D eigenvalue weighted by molar-refractivity contribution is 5.70. The summed E-state index contributed by atoms with van der Waals surface area (Å²) in [6, 6.07) is 12.3. The SMILES string of the molecule is CC(C)Nc1ncccc1-c1ncnc(Nc2ccc(N3CCOCC3)cc2)n1. The van der Waals surface area contributed by atoms with E-state index in [9.17, 15) is 0 Å². The lowest BCUT2D eigenvalue weighted by molar-refractivity contribution is 0.122. The first-order valence-electron chi connectivity index (χ1n) is 9.80. The van der Waals surface area contributed by atoms with Gasteiger partial charge in [-0.1, -0.05) is 0 Å². The van der Waals surface area contributed by atoms with E-state index in [1.165, 1.54) is 12.0 Å². The molecule has 150 valence electrons. The van der Waals surface area contributed by atoms with Crippen molar-refractivity contribution in [3.8, 4) is 11.4 Å². The molecule has 0 saturated carbocycles. The fraction of sp³-hybridized carbons (Fsp3) is 0.333. The first-order chi connectivity index (χ1) is 14.2. The highest BCUT2D eigenvalue weighted by Gasteiger charge is 2.13. The summed E-state index contributed by atoms with van der Waals surface area (Å²) in [5, 5.41) is 6.59. The Morgan fingerprint density at radius 3 is 2.55 bits per heavy atom. The van der Waals surface area contributed by atoms with Crippen LogP contribution in [0.2, 0.25) is 0 Å². The third-order valence-electron chi connectivity index (χ3n) is 4.55. The van der Waals surface area contributed by atoms with Gasteiger partial charge >= 0.3 is 0 Å². The van der Waals surface area contributed by atoms with Crippen molar-refractivity contribution in [1.29, 1.82) is 0 Å². The van der Waals surface area contributed by atoms with Gasteiger partial charge in [0.25, 0.3) is 0 Å². The number of hydrogen-bond donors (Lipinski definition) is 2. The second-order valence-corrected chi connectivity index (χ2v) is 7.10. The van der Waals surface area contributed by atoms with Gasteiger partial charge in [0.1, 0.15) is 12.1 Å². The molecule has 8 nitrogen and oxygen atoms in total. The van der Waals surface area contributed by atoms with Gasteiger partial charge in [0.05, 0.1) is 18.8 Å². The molecule has 2 N–H and O–H groups in total. The zero-order valence-corrected chi connectivity index (χ0v) is 16.7. The summed E-state index contributed by atoms with van der Waals surface area (Å²) in [6.45, 7) is 7.52. The Morgan fingerprint density at radius 1 is 1.00 bits per heavy atom. The Labute approximate surface area is 170 Å². The van der Waals surface area contributed by atoms with Crippen LogP contribution >= 0.6 is 0 Å². The van der Waals surface area contributed by atoms with E-state index in [1.54, 1.807) is 6.20 Å². The molecule has 0 unspecified atom stereocenters. The predicted octanol–water partition coefficient (Wildman–Crippen LogP) is 3.33. The summed E-state index contributed by atoms with van der Waals surface area (Å²) in [5.41, 5.74) is 2.95. The first-order valence-corrected chi connectivity index (χ1v) is 9.80. The maximum atomic E-state index is 5.42. The number of aromatic nitrogens is 4. The van der Waals surface area contributed by atoms with Crippen LogP contribution in [0, 0.1) is 0 Å². The molecule has 3 heterocycles. The molecule has 0 spiro atoms. The maximum absolute atomic E-state index is 5.42. The molecule has 2 aromatic heterocycles. The molecule has 0 atom stereocenters. The molecule has 1 fully saturated rings. The van der Waals surface area contributed by atoms with Crippen LogP contribution in [0.5, 0.6) is 0 Å². The number of hydrogen-bond acceptors (Lipinski definition) is 8. The summed E-state index contributed by atoms with van der Waals surface area (Å²) < 4.78 is 5.42. The van der Waals surface area contributed by atoms with Gasteiger partial charge in [0, 0.05) is 36.7 Å². The minimum absolute atomic E-state index is 0.257. The zero-order chi connectivity index (χ0) is 20.1. The molecule has 8 heteroatoms. The average molecular weight is 391 g/mol. The Kier molecular flexibility index (Phi) is 5.81. The molecule has 0 bridgehead atoms. The van der Waals surface area contributed by atoms with E-state index in [0.29, 0.717) is 11.8 Å². The molecular weight excluding hydrogens is 366 g/mol. The minimum Gasteiger partial charge on any atom is -0.378 e. The van der Waals surface area contributed by atoms with Gasteiger partial charge in [-0.15, -0.1) is 0 Å². The summed E-state index contributed by atoms with van der Waals surface area (Å²) >= 11 is 0. The summed E-state index contributed by atoms with van der Waals surface area (Å²) in [5.74, 6) is 1.83. The maximum Gasteiger partial charge on any atom is 0.230 e. The van der Waals surface area contributed by atoms with Crippen molar-refractivity contribution < 1.29 is 4.74 Å². The molecule has 1 aromatic carbocycles. The molecule has 1 saturated heterocycles. The molecule has 1 aliphatic heterocycles. The number of rotatable bonds is 6. The van der Waals surface area contributed by atoms with Crippen molar-refractivity contribution in [2.24, 2.45) is 0 Å². The number of anilines is 4. The van der Waals surface area contributed by atoms with E-state index in [-0.39, 0.29) is 6.04 Å². The van der Waals surface area contributed by atoms with Gasteiger partial charge in [-0.25, -0.2) is 15.0 Å². The number of benzene rings is 1. The van der Waals surface area contributed by atoms with Crippen molar-refractivity contribution in [2.75, 3.05) is 41.8 Å². The van der Waals surface area contributed by atoms with Crippen LogP contribution in [0.25, 0.3) is 11.4 Å². The molecule has 0 aliphatic carbocycles.